The van der Waals surface area contributed by atoms with Crippen molar-refractivity contribution in [3.05, 3.63) is 34.9 Å². The molecule has 1 saturated heterocycles. The van der Waals surface area contributed by atoms with E-state index in [1.807, 2.05) is 44.7 Å². The first-order valence-corrected chi connectivity index (χ1v) is 10.9. The number of likely N-dealkylation sites (tertiary alicyclic amines) is 1. The first kappa shape index (κ1) is 23.5. The maximum atomic E-state index is 13.2. The van der Waals surface area contributed by atoms with Gasteiger partial charge in [-0.25, -0.2) is 4.79 Å². The van der Waals surface area contributed by atoms with E-state index in [1.54, 1.807) is 0 Å². The number of ether oxygens (including phenoxy) is 1. The van der Waals surface area contributed by atoms with E-state index in [9.17, 15) is 9.59 Å². The summed E-state index contributed by atoms with van der Waals surface area (Å²) in [7, 11) is 0. The molecule has 2 unspecified atom stereocenters. The van der Waals surface area contributed by atoms with Gasteiger partial charge in [-0.2, -0.15) is 0 Å². The van der Waals surface area contributed by atoms with E-state index in [2.05, 4.69) is 31.3 Å². The molecule has 0 radical (unpaired) electrons. The molecular formula is C23H35ClN2O3. The van der Waals surface area contributed by atoms with Crippen molar-refractivity contribution < 1.29 is 14.3 Å². The molecule has 1 aliphatic rings. The monoisotopic (exact) mass is 422 g/mol. The summed E-state index contributed by atoms with van der Waals surface area (Å²) >= 11 is 6.03. The molecular weight excluding hydrogens is 388 g/mol. The van der Waals surface area contributed by atoms with Gasteiger partial charge in [0.05, 0.1) is 6.61 Å². The molecule has 5 nitrogen and oxygen atoms in total. The molecule has 0 aliphatic carbocycles. The largest absolute Gasteiger partial charge is 0.449 e. The van der Waals surface area contributed by atoms with Crippen LogP contribution in [0.1, 0.15) is 59.4 Å². The van der Waals surface area contributed by atoms with Crippen molar-refractivity contribution in [2.24, 2.45) is 17.3 Å². The summed E-state index contributed by atoms with van der Waals surface area (Å²) in [5, 5.41) is 3.51. The molecule has 29 heavy (non-hydrogen) atoms. The molecule has 0 bridgehead atoms. The van der Waals surface area contributed by atoms with Crippen LogP contribution < -0.4 is 5.32 Å². The van der Waals surface area contributed by atoms with Gasteiger partial charge in [-0.3, -0.25) is 4.79 Å². The molecule has 1 heterocycles. The SMILES string of the molecule is CC(C)COC(=O)NC(C(=O)N1CCC(c2ccc(Cl)cc2)C(C)(C)C1)C(C)C. The number of benzene rings is 1. The van der Waals surface area contributed by atoms with E-state index in [0.29, 0.717) is 25.6 Å². The van der Waals surface area contributed by atoms with Crippen molar-refractivity contribution in [2.75, 3.05) is 19.7 Å². The number of piperidine rings is 1. The molecule has 1 aromatic carbocycles. The highest BCUT2D eigenvalue weighted by Crippen LogP contribution is 2.42. The lowest BCUT2D eigenvalue weighted by atomic mass is 9.70. The number of rotatable bonds is 6. The summed E-state index contributed by atoms with van der Waals surface area (Å²) in [5.41, 5.74) is 1.17. The lowest BCUT2D eigenvalue weighted by Gasteiger charge is -2.45. The van der Waals surface area contributed by atoms with Crippen molar-refractivity contribution in [2.45, 2.75) is 59.9 Å². The predicted octanol–water partition coefficient (Wildman–Crippen LogP) is 5.09. The van der Waals surface area contributed by atoms with Crippen molar-refractivity contribution in [3.63, 3.8) is 0 Å². The van der Waals surface area contributed by atoms with Crippen molar-refractivity contribution in [3.8, 4) is 0 Å². The van der Waals surface area contributed by atoms with Crippen molar-refractivity contribution in [1.82, 2.24) is 10.2 Å². The zero-order chi connectivity index (χ0) is 21.8. The summed E-state index contributed by atoms with van der Waals surface area (Å²) in [6, 6.07) is 7.42. The minimum absolute atomic E-state index is 0.0220. The van der Waals surface area contributed by atoms with E-state index in [4.69, 9.17) is 16.3 Å². The zero-order valence-corrected chi connectivity index (χ0v) is 19.3. The molecule has 2 atom stereocenters. The highest BCUT2D eigenvalue weighted by atomic mass is 35.5. The fourth-order valence-electron chi connectivity index (χ4n) is 3.98. The van der Waals surface area contributed by atoms with Gasteiger partial charge in [0.1, 0.15) is 6.04 Å². The lowest BCUT2D eigenvalue weighted by Crippen LogP contribution is -2.56. The van der Waals surface area contributed by atoms with Gasteiger partial charge in [0.25, 0.3) is 0 Å². The van der Waals surface area contributed by atoms with E-state index in [-0.39, 0.29) is 23.2 Å². The van der Waals surface area contributed by atoms with Gasteiger partial charge in [-0.1, -0.05) is 65.3 Å². The third-order valence-corrected chi connectivity index (χ3v) is 5.82. The molecule has 6 heteroatoms. The average Bonchev–Trinajstić information content (AvgIpc) is 2.63. The first-order chi connectivity index (χ1) is 13.5. The van der Waals surface area contributed by atoms with Crippen LogP contribution in [0.4, 0.5) is 4.79 Å². The Labute approximate surface area is 180 Å². The average molecular weight is 423 g/mol. The van der Waals surface area contributed by atoms with Gasteiger partial charge >= 0.3 is 6.09 Å². The Kier molecular flexibility index (Phi) is 7.98. The van der Waals surface area contributed by atoms with E-state index < -0.39 is 12.1 Å². The summed E-state index contributed by atoms with van der Waals surface area (Å²) in [6.07, 6.45) is 0.351. The Balaban J connectivity index is 2.06. The van der Waals surface area contributed by atoms with Crippen LogP contribution in [0.25, 0.3) is 0 Å². The highest BCUT2D eigenvalue weighted by Gasteiger charge is 2.40. The van der Waals surface area contributed by atoms with Gasteiger partial charge < -0.3 is 15.0 Å². The molecule has 0 spiro atoms. The maximum Gasteiger partial charge on any atom is 0.407 e. The number of nitrogens with one attached hydrogen (secondary N) is 1. The van der Waals surface area contributed by atoms with Crippen LogP contribution in [0.3, 0.4) is 0 Å². The molecule has 1 fully saturated rings. The van der Waals surface area contributed by atoms with Crippen LogP contribution in [-0.2, 0) is 9.53 Å². The standard InChI is InChI=1S/C23H35ClN2O3/c1-15(2)13-29-22(28)25-20(16(3)4)21(27)26-12-11-19(23(5,6)14-26)17-7-9-18(24)10-8-17/h7-10,15-16,19-20H,11-14H2,1-6H3,(H,25,28). The van der Waals surface area contributed by atoms with E-state index in [0.717, 1.165) is 11.4 Å². The zero-order valence-electron chi connectivity index (χ0n) is 18.5. The topological polar surface area (TPSA) is 58.6 Å². The van der Waals surface area contributed by atoms with Crippen LogP contribution in [-0.4, -0.2) is 42.6 Å². The van der Waals surface area contributed by atoms with Crippen LogP contribution in [0.5, 0.6) is 0 Å². The van der Waals surface area contributed by atoms with Crippen LogP contribution in [0, 0.1) is 17.3 Å². The number of amides is 2. The number of carbonyl (C=O) groups excluding carboxylic acids is 2. The second-order valence-corrected chi connectivity index (χ2v) is 9.94. The van der Waals surface area contributed by atoms with Crippen LogP contribution in [0.15, 0.2) is 24.3 Å². The lowest BCUT2D eigenvalue weighted by molar-refractivity contribution is -0.138. The van der Waals surface area contributed by atoms with E-state index >= 15 is 0 Å². The Hall–Kier alpha value is -1.75. The van der Waals surface area contributed by atoms with Gasteiger partial charge in [0.2, 0.25) is 5.91 Å². The third kappa shape index (κ3) is 6.36. The summed E-state index contributed by atoms with van der Waals surface area (Å²) in [6.45, 7) is 13.9. The van der Waals surface area contributed by atoms with Gasteiger partial charge in [0, 0.05) is 18.1 Å². The minimum atomic E-state index is -0.586. The number of hydrogen-bond acceptors (Lipinski definition) is 3. The van der Waals surface area contributed by atoms with Gasteiger partial charge in [-0.05, 0) is 47.3 Å². The third-order valence-electron chi connectivity index (χ3n) is 5.57. The van der Waals surface area contributed by atoms with Crippen molar-refractivity contribution >= 4 is 23.6 Å². The Morgan fingerprint density at radius 1 is 1.21 bits per heavy atom. The molecule has 0 saturated carbocycles. The molecule has 1 aliphatic heterocycles. The normalized spacial score (nSPS) is 19.9. The van der Waals surface area contributed by atoms with Crippen LogP contribution in [0.2, 0.25) is 5.02 Å². The molecule has 2 rings (SSSR count). The summed E-state index contributed by atoms with van der Waals surface area (Å²) < 4.78 is 5.22. The number of alkyl carbamates (subject to hydrolysis) is 1. The molecule has 1 N–H and O–H groups in total. The number of halogens is 1. The second kappa shape index (κ2) is 9.84. The Morgan fingerprint density at radius 3 is 2.34 bits per heavy atom. The predicted molar refractivity (Wildman–Crippen MR) is 117 cm³/mol. The second-order valence-electron chi connectivity index (χ2n) is 9.50. The number of carbonyl (C=O) groups is 2. The van der Waals surface area contributed by atoms with E-state index in [1.165, 1.54) is 5.56 Å². The highest BCUT2D eigenvalue weighted by molar-refractivity contribution is 6.30. The van der Waals surface area contributed by atoms with Gasteiger partial charge in [-0.15, -0.1) is 0 Å². The Bertz CT molecular complexity index is 701. The van der Waals surface area contributed by atoms with Crippen LogP contribution >= 0.6 is 11.6 Å². The molecule has 2 amide bonds. The van der Waals surface area contributed by atoms with Crippen molar-refractivity contribution in [1.29, 1.82) is 0 Å². The minimum Gasteiger partial charge on any atom is -0.449 e. The molecule has 162 valence electrons. The number of nitrogens with zero attached hydrogens (tertiary/aromatic N) is 1. The maximum absolute atomic E-state index is 13.2. The summed E-state index contributed by atoms with van der Waals surface area (Å²) in [4.78, 5) is 27.2. The quantitative estimate of drug-likeness (QED) is 0.694. The van der Waals surface area contributed by atoms with Gasteiger partial charge in [0.15, 0.2) is 0 Å². The summed E-state index contributed by atoms with van der Waals surface area (Å²) in [5.74, 6) is 0.544. The smallest absolute Gasteiger partial charge is 0.407 e. The fourth-order valence-corrected chi connectivity index (χ4v) is 4.11. The number of hydrogen-bond donors (Lipinski definition) is 1. The first-order valence-electron chi connectivity index (χ1n) is 10.5. The Morgan fingerprint density at radius 2 is 1.83 bits per heavy atom. The fraction of sp³-hybridized carbons (Fsp3) is 0.652. The molecule has 0 aromatic heterocycles. The molecule has 1 aromatic rings.